The third-order valence-electron chi connectivity index (χ3n) is 1.92. The molecule has 0 rings (SSSR count). The van der Waals surface area contributed by atoms with Gasteiger partial charge in [0.15, 0.2) is 9.04 Å². The minimum Gasteiger partial charge on any atom is -0.421 e. The molecule has 1 nitrogen and oxygen atoms in total. The molecule has 0 bridgehead atoms. The molecule has 68 valence electrons. The lowest BCUT2D eigenvalue weighted by Crippen LogP contribution is -2.12. The lowest BCUT2D eigenvalue weighted by atomic mass is 10.2. The second-order valence-electron chi connectivity index (χ2n) is 3.12. The summed E-state index contributed by atoms with van der Waals surface area (Å²) < 4.78 is 5.56. The zero-order valence-corrected chi connectivity index (χ0v) is 9.38. The molecule has 0 N–H and O–H groups in total. The molecule has 0 saturated carbocycles. The molecule has 0 aromatic carbocycles. The molecule has 0 aliphatic heterocycles. The normalized spacial score (nSPS) is 13.4. The van der Waals surface area contributed by atoms with Gasteiger partial charge in [0.05, 0.1) is 0 Å². The van der Waals surface area contributed by atoms with E-state index in [0.29, 0.717) is 0 Å². The first-order chi connectivity index (χ1) is 5.31. The van der Waals surface area contributed by atoms with E-state index in [2.05, 4.69) is 20.4 Å². The van der Waals surface area contributed by atoms with E-state index < -0.39 is 9.04 Å². The molecule has 11 heavy (non-hydrogen) atoms. The van der Waals surface area contributed by atoms with Crippen molar-refractivity contribution in [2.45, 2.75) is 52.1 Å². The van der Waals surface area contributed by atoms with Gasteiger partial charge in [0, 0.05) is 6.61 Å². The summed E-state index contributed by atoms with van der Waals surface area (Å²) in [5.74, 6) is 0. The quantitative estimate of drug-likeness (QED) is 0.426. The largest absolute Gasteiger partial charge is 0.421 e. The van der Waals surface area contributed by atoms with Crippen molar-refractivity contribution in [1.82, 2.24) is 0 Å². The molecular formula is C9H22OSi. The van der Waals surface area contributed by atoms with Gasteiger partial charge in [0.1, 0.15) is 0 Å². The molecular weight excluding hydrogens is 152 g/mol. The van der Waals surface area contributed by atoms with E-state index in [4.69, 9.17) is 4.43 Å². The Morgan fingerprint density at radius 2 is 1.82 bits per heavy atom. The Hall–Kier alpha value is 0.177. The molecule has 0 heterocycles. The van der Waals surface area contributed by atoms with Crippen LogP contribution in [0.2, 0.25) is 12.6 Å². The summed E-state index contributed by atoms with van der Waals surface area (Å²) in [4.78, 5) is 0. The van der Waals surface area contributed by atoms with Crippen LogP contribution in [0, 0.1) is 0 Å². The molecule has 0 aromatic heterocycles. The van der Waals surface area contributed by atoms with Crippen LogP contribution in [0.5, 0.6) is 0 Å². The third kappa shape index (κ3) is 8.08. The topological polar surface area (TPSA) is 9.23 Å². The minimum absolute atomic E-state index is 0.745. The van der Waals surface area contributed by atoms with Crippen LogP contribution in [0.4, 0.5) is 0 Å². The maximum Gasteiger partial charge on any atom is 0.173 e. The Morgan fingerprint density at radius 1 is 1.09 bits per heavy atom. The molecule has 0 aromatic rings. The molecule has 2 heteroatoms. The Balaban J connectivity index is 2.97. The number of unbranched alkanes of at least 4 members (excludes halogenated alkanes) is 3. The van der Waals surface area contributed by atoms with E-state index in [9.17, 15) is 0 Å². The predicted octanol–water partition coefficient (Wildman–Crippen LogP) is 2.96. The van der Waals surface area contributed by atoms with Crippen LogP contribution in [0.25, 0.3) is 0 Å². The van der Waals surface area contributed by atoms with Gasteiger partial charge in [0.2, 0.25) is 0 Å². The smallest absolute Gasteiger partial charge is 0.173 e. The zero-order chi connectivity index (χ0) is 8.53. The van der Waals surface area contributed by atoms with Gasteiger partial charge in [-0.05, 0) is 19.5 Å². The van der Waals surface area contributed by atoms with Crippen LogP contribution in [-0.4, -0.2) is 15.6 Å². The first-order valence-electron chi connectivity index (χ1n) is 4.92. The molecule has 1 atom stereocenters. The van der Waals surface area contributed by atoms with Crippen molar-refractivity contribution in [2.24, 2.45) is 0 Å². The summed E-state index contributed by atoms with van der Waals surface area (Å²) in [7, 11) is -0.745. The van der Waals surface area contributed by atoms with Crippen molar-refractivity contribution in [3.8, 4) is 0 Å². The lowest BCUT2D eigenvalue weighted by Gasteiger charge is -2.08. The van der Waals surface area contributed by atoms with Gasteiger partial charge in [-0.25, -0.2) is 0 Å². The molecule has 0 saturated heterocycles. The van der Waals surface area contributed by atoms with Crippen molar-refractivity contribution in [3.63, 3.8) is 0 Å². The molecule has 0 aliphatic rings. The van der Waals surface area contributed by atoms with Gasteiger partial charge in [0.25, 0.3) is 0 Å². The fourth-order valence-electron chi connectivity index (χ4n) is 1.23. The number of hydrogen-bond acceptors (Lipinski definition) is 1. The zero-order valence-electron chi connectivity index (χ0n) is 8.23. The summed E-state index contributed by atoms with van der Waals surface area (Å²) in [5.41, 5.74) is 0. The first kappa shape index (κ1) is 11.2. The highest BCUT2D eigenvalue weighted by atomic mass is 28.3. The van der Waals surface area contributed by atoms with E-state index in [1.165, 1.54) is 31.7 Å². The van der Waals surface area contributed by atoms with Crippen molar-refractivity contribution < 1.29 is 4.43 Å². The van der Waals surface area contributed by atoms with Crippen LogP contribution in [0.1, 0.15) is 39.5 Å². The fourth-order valence-corrected chi connectivity index (χ4v) is 2.83. The molecule has 0 spiro atoms. The van der Waals surface area contributed by atoms with E-state index >= 15 is 0 Å². The minimum atomic E-state index is -0.745. The van der Waals surface area contributed by atoms with Gasteiger partial charge < -0.3 is 4.43 Å². The Kier molecular flexibility index (Phi) is 8.41. The van der Waals surface area contributed by atoms with Crippen LogP contribution in [-0.2, 0) is 4.43 Å². The first-order valence-corrected chi connectivity index (χ1v) is 7.37. The van der Waals surface area contributed by atoms with Crippen LogP contribution >= 0.6 is 0 Å². The highest BCUT2D eigenvalue weighted by Gasteiger charge is 2.01. The van der Waals surface area contributed by atoms with Gasteiger partial charge in [-0.15, -0.1) is 0 Å². The average molecular weight is 174 g/mol. The summed E-state index contributed by atoms with van der Waals surface area (Å²) in [6, 6.07) is 1.37. The molecule has 0 amide bonds. The molecule has 0 radical (unpaired) electrons. The fraction of sp³-hybridized carbons (Fsp3) is 1.00. The van der Waals surface area contributed by atoms with Crippen molar-refractivity contribution >= 4 is 9.04 Å². The van der Waals surface area contributed by atoms with E-state index in [-0.39, 0.29) is 0 Å². The van der Waals surface area contributed by atoms with Crippen LogP contribution in [0.3, 0.4) is 0 Å². The second kappa shape index (κ2) is 8.28. The highest BCUT2D eigenvalue weighted by molar-refractivity contribution is 6.50. The summed E-state index contributed by atoms with van der Waals surface area (Å²) in [6.07, 6.45) is 5.53. The number of rotatable bonds is 7. The van der Waals surface area contributed by atoms with E-state index in [0.717, 1.165) is 6.61 Å². The van der Waals surface area contributed by atoms with Gasteiger partial charge in [-0.3, -0.25) is 0 Å². The third-order valence-corrected chi connectivity index (χ3v) is 4.04. The Labute approximate surface area is 72.9 Å². The Morgan fingerprint density at radius 3 is 2.36 bits per heavy atom. The standard InChI is InChI=1S/C9H22OSi/c1-4-6-7-8-9-11(3)10-5-2/h11H,4-9H2,1-3H3. The van der Waals surface area contributed by atoms with E-state index in [1.807, 2.05) is 0 Å². The lowest BCUT2D eigenvalue weighted by molar-refractivity contribution is 0.344. The second-order valence-corrected chi connectivity index (χ2v) is 5.65. The predicted molar refractivity (Wildman–Crippen MR) is 53.6 cm³/mol. The maximum atomic E-state index is 5.56. The molecule has 0 fully saturated rings. The average Bonchev–Trinajstić information content (AvgIpc) is 1.99. The molecule has 1 unspecified atom stereocenters. The number of hydrogen-bond donors (Lipinski definition) is 0. The van der Waals surface area contributed by atoms with Crippen LogP contribution < -0.4 is 0 Å². The highest BCUT2D eigenvalue weighted by Crippen LogP contribution is 2.06. The van der Waals surface area contributed by atoms with Crippen molar-refractivity contribution in [2.75, 3.05) is 6.61 Å². The van der Waals surface area contributed by atoms with Crippen molar-refractivity contribution in [1.29, 1.82) is 0 Å². The van der Waals surface area contributed by atoms with Gasteiger partial charge >= 0.3 is 0 Å². The summed E-state index contributed by atoms with van der Waals surface area (Å²) in [6.45, 7) is 7.57. The SMILES string of the molecule is CCCCCC[SiH](C)OCC. The van der Waals surface area contributed by atoms with Gasteiger partial charge in [-0.1, -0.05) is 32.6 Å². The monoisotopic (exact) mass is 174 g/mol. The Bertz CT molecular complexity index is 76.0. The van der Waals surface area contributed by atoms with E-state index in [1.54, 1.807) is 0 Å². The van der Waals surface area contributed by atoms with Crippen molar-refractivity contribution in [3.05, 3.63) is 0 Å². The molecule has 0 aliphatic carbocycles. The summed E-state index contributed by atoms with van der Waals surface area (Å²) >= 11 is 0. The van der Waals surface area contributed by atoms with Crippen LogP contribution in [0.15, 0.2) is 0 Å². The van der Waals surface area contributed by atoms with Gasteiger partial charge in [-0.2, -0.15) is 0 Å². The summed E-state index contributed by atoms with van der Waals surface area (Å²) in [5, 5.41) is 0. The maximum absolute atomic E-state index is 5.56.